The van der Waals surface area contributed by atoms with Gasteiger partial charge in [0.1, 0.15) is 11.3 Å². The summed E-state index contributed by atoms with van der Waals surface area (Å²) in [4.78, 5) is 32.9. The predicted octanol–water partition coefficient (Wildman–Crippen LogP) is 5.77. The highest BCUT2D eigenvalue weighted by molar-refractivity contribution is 7.22. The molecule has 7 rings (SSSR count). The molecule has 2 bridgehead atoms. The summed E-state index contributed by atoms with van der Waals surface area (Å²) in [5, 5.41) is 0.964. The van der Waals surface area contributed by atoms with E-state index in [9.17, 15) is 9.59 Å². The summed E-state index contributed by atoms with van der Waals surface area (Å²) in [6, 6.07) is 4.21. The number of rotatable bonds is 9. The van der Waals surface area contributed by atoms with Gasteiger partial charge in [0.05, 0.1) is 37.2 Å². The molecular weight excluding hydrogens is 538 g/mol. The van der Waals surface area contributed by atoms with Crippen molar-refractivity contribution in [3.63, 3.8) is 0 Å². The van der Waals surface area contributed by atoms with Gasteiger partial charge in [-0.1, -0.05) is 11.3 Å². The van der Waals surface area contributed by atoms with Gasteiger partial charge in [-0.2, -0.15) is 0 Å². The molecule has 3 saturated carbocycles. The first-order valence-corrected chi connectivity index (χ1v) is 16.2. The third-order valence-electron chi connectivity index (χ3n) is 10.5. The normalized spacial score (nSPS) is 27.7. The topological polar surface area (TPSA) is 104 Å². The van der Waals surface area contributed by atoms with Crippen molar-refractivity contribution in [1.29, 1.82) is 0 Å². The van der Waals surface area contributed by atoms with Gasteiger partial charge >= 0.3 is 5.97 Å². The summed E-state index contributed by atoms with van der Waals surface area (Å²) >= 11 is 1.60. The van der Waals surface area contributed by atoms with Crippen LogP contribution >= 0.6 is 11.3 Å². The molecule has 2 saturated heterocycles. The van der Waals surface area contributed by atoms with Crippen molar-refractivity contribution in [3.8, 4) is 5.75 Å². The number of ketones is 1. The van der Waals surface area contributed by atoms with Crippen LogP contribution in [0.5, 0.6) is 5.75 Å². The van der Waals surface area contributed by atoms with E-state index in [4.69, 9.17) is 24.9 Å². The fourth-order valence-electron chi connectivity index (χ4n) is 7.62. The number of aromatic nitrogens is 1. The van der Waals surface area contributed by atoms with Crippen molar-refractivity contribution in [2.24, 2.45) is 23.0 Å². The zero-order valence-corrected chi connectivity index (χ0v) is 25.0. The second-order valence-corrected chi connectivity index (χ2v) is 14.1. The summed E-state index contributed by atoms with van der Waals surface area (Å²) in [5.41, 5.74) is 10.2. The molecule has 1 aromatic heterocycles. The van der Waals surface area contributed by atoms with Crippen LogP contribution in [0.1, 0.15) is 87.4 Å². The molecule has 3 aliphatic carbocycles. The van der Waals surface area contributed by atoms with Gasteiger partial charge in [0.2, 0.25) is 0 Å². The van der Waals surface area contributed by atoms with Crippen molar-refractivity contribution in [2.75, 3.05) is 25.7 Å². The Morgan fingerprint density at radius 3 is 2.32 bits per heavy atom. The van der Waals surface area contributed by atoms with Gasteiger partial charge in [-0.25, -0.2) is 9.78 Å². The molecule has 9 heteroatoms. The largest absolute Gasteiger partial charge is 0.494 e. The number of carbonyl (C=O) groups excluding carboxylic acids is 2. The number of anilines is 1. The Bertz CT molecular complexity index is 1370. The van der Waals surface area contributed by atoms with Crippen LogP contribution < -0.4 is 15.4 Å². The minimum absolute atomic E-state index is 0.106. The van der Waals surface area contributed by atoms with Crippen molar-refractivity contribution in [1.82, 2.24) is 4.98 Å². The Kier molecular flexibility index (Phi) is 7.01. The Hall–Kier alpha value is -2.65. The first-order valence-electron chi connectivity index (χ1n) is 15.4. The van der Waals surface area contributed by atoms with Crippen LogP contribution in [-0.4, -0.2) is 55.8 Å². The standard InChI is InChI=1S/C32H41N3O5S/c1-38-25-13-20(30(37)39-2)14-26-28(25)34-31(41-26)35-21-5-6-22(35)16-23(15-21)40-17-24(29(36)19-3-4-19)27(33)18-7-9-32(10-8-18)11-12-32/h13-14,18-19,21-23H,3-12,15-17,33H2,1-2H3/t21-,22?,23?/m0/s1. The first kappa shape index (κ1) is 27.2. The molecule has 0 amide bonds. The highest BCUT2D eigenvalue weighted by Crippen LogP contribution is 2.57. The van der Waals surface area contributed by atoms with E-state index in [0.29, 0.717) is 41.3 Å². The lowest BCUT2D eigenvalue weighted by Crippen LogP contribution is -2.45. The number of hydrogen-bond donors (Lipinski definition) is 1. The quantitative estimate of drug-likeness (QED) is 0.295. The van der Waals surface area contributed by atoms with Crippen LogP contribution in [0.15, 0.2) is 23.4 Å². The number of thiazole rings is 1. The smallest absolute Gasteiger partial charge is 0.338 e. The molecule has 5 aliphatic rings. The number of piperidine rings is 1. The lowest BCUT2D eigenvalue weighted by atomic mass is 9.77. The molecule has 8 nitrogen and oxygen atoms in total. The second kappa shape index (κ2) is 10.6. The Morgan fingerprint density at radius 2 is 1.71 bits per heavy atom. The Balaban J connectivity index is 1.05. The molecule has 2 N–H and O–H groups in total. The molecule has 3 atom stereocenters. The van der Waals surface area contributed by atoms with Crippen molar-refractivity contribution < 1.29 is 23.8 Å². The van der Waals surface area contributed by atoms with E-state index < -0.39 is 0 Å². The van der Waals surface area contributed by atoms with Crippen molar-refractivity contribution in [3.05, 3.63) is 29.0 Å². The first-order chi connectivity index (χ1) is 19.9. The SMILES string of the molecule is COC(=O)c1cc(OC)c2nc(N3C4CC[C@H]3CC(OCC(C(=O)C3CC3)=C(N)C3CCC5(CC3)CC5)C4)sc2c1. The molecule has 41 heavy (non-hydrogen) atoms. The third-order valence-corrected chi connectivity index (χ3v) is 11.5. The number of ether oxygens (including phenoxy) is 3. The number of nitrogens with zero attached hydrogens (tertiary/aromatic N) is 2. The van der Waals surface area contributed by atoms with Gasteiger partial charge in [0, 0.05) is 29.3 Å². The number of methoxy groups -OCH3 is 2. The summed E-state index contributed by atoms with van der Waals surface area (Å²) in [5.74, 6) is 0.918. The molecule has 2 aliphatic heterocycles. The van der Waals surface area contributed by atoms with E-state index in [-0.39, 0.29) is 23.8 Å². The number of fused-ring (bicyclic) bond motifs is 3. The fourth-order valence-corrected chi connectivity index (χ4v) is 8.78. The third kappa shape index (κ3) is 5.13. The monoisotopic (exact) mass is 579 g/mol. The molecule has 5 fully saturated rings. The average Bonchev–Trinajstić information content (AvgIpc) is 3.91. The molecule has 2 aromatic rings. The maximum atomic E-state index is 13.3. The van der Waals surface area contributed by atoms with E-state index in [1.165, 1.54) is 32.8 Å². The number of esters is 1. The van der Waals surface area contributed by atoms with Crippen LogP contribution in [0.25, 0.3) is 10.2 Å². The van der Waals surface area contributed by atoms with Crippen LogP contribution in [0.3, 0.4) is 0 Å². The maximum Gasteiger partial charge on any atom is 0.338 e. The Morgan fingerprint density at radius 1 is 1.00 bits per heavy atom. The van der Waals surface area contributed by atoms with Gasteiger partial charge in [-0.15, -0.1) is 0 Å². The number of carbonyl (C=O) groups is 2. The molecule has 3 heterocycles. The summed E-state index contributed by atoms with van der Waals surface area (Å²) in [6.45, 7) is 0.349. The maximum absolute atomic E-state index is 13.3. The number of hydrogen-bond acceptors (Lipinski definition) is 9. The van der Waals surface area contributed by atoms with Crippen molar-refractivity contribution in [2.45, 2.75) is 95.2 Å². The van der Waals surface area contributed by atoms with Crippen LogP contribution in [0.2, 0.25) is 0 Å². The predicted molar refractivity (Wildman–Crippen MR) is 158 cm³/mol. The second-order valence-electron chi connectivity index (χ2n) is 13.1. The molecule has 1 aromatic carbocycles. The van der Waals surface area contributed by atoms with E-state index in [2.05, 4.69) is 4.90 Å². The molecule has 2 unspecified atom stereocenters. The van der Waals surface area contributed by atoms with E-state index in [0.717, 1.165) is 78.0 Å². The van der Waals surface area contributed by atoms with Gasteiger partial charge in [-0.05, 0) is 101 Å². The van der Waals surface area contributed by atoms with E-state index in [1.807, 2.05) is 6.07 Å². The molecule has 220 valence electrons. The van der Waals surface area contributed by atoms with Gasteiger partial charge in [0.15, 0.2) is 10.9 Å². The zero-order valence-electron chi connectivity index (χ0n) is 24.2. The summed E-state index contributed by atoms with van der Waals surface area (Å²) < 4.78 is 18.0. The van der Waals surface area contributed by atoms with Gasteiger partial charge in [-0.3, -0.25) is 4.79 Å². The minimum Gasteiger partial charge on any atom is -0.494 e. The molecule has 1 spiro atoms. The zero-order chi connectivity index (χ0) is 28.3. The molecular formula is C32H41N3O5S. The lowest BCUT2D eigenvalue weighted by Gasteiger charge is -2.39. The van der Waals surface area contributed by atoms with Crippen molar-refractivity contribution >= 4 is 38.4 Å². The highest BCUT2D eigenvalue weighted by Gasteiger charge is 2.46. The molecule has 0 radical (unpaired) electrons. The van der Waals surface area contributed by atoms with Gasteiger partial charge in [0.25, 0.3) is 0 Å². The number of allylic oxidation sites excluding steroid dienone is 1. The summed E-state index contributed by atoms with van der Waals surface area (Å²) in [7, 11) is 2.98. The van der Waals surface area contributed by atoms with Crippen LogP contribution in [0, 0.1) is 17.3 Å². The van der Waals surface area contributed by atoms with E-state index in [1.54, 1.807) is 24.5 Å². The number of nitrogens with two attached hydrogens (primary N) is 1. The minimum atomic E-state index is -0.386. The van der Waals surface area contributed by atoms with E-state index >= 15 is 0 Å². The number of Topliss-reactive ketones (excluding diaryl/α,β-unsaturated/α-hetero) is 1. The van der Waals surface area contributed by atoms with Crippen LogP contribution in [0.4, 0.5) is 5.13 Å². The van der Waals surface area contributed by atoms with Gasteiger partial charge < -0.3 is 24.8 Å². The van der Waals surface area contributed by atoms with Crippen LogP contribution in [-0.2, 0) is 14.3 Å². The number of benzene rings is 1. The lowest BCUT2D eigenvalue weighted by molar-refractivity contribution is -0.117. The summed E-state index contributed by atoms with van der Waals surface area (Å²) in [6.07, 6.45) is 13.6. The highest BCUT2D eigenvalue weighted by atomic mass is 32.1. The fraction of sp³-hybridized carbons (Fsp3) is 0.656. The Labute approximate surface area is 245 Å². The average molecular weight is 580 g/mol.